The Morgan fingerprint density at radius 2 is 1.93 bits per heavy atom. The number of Topliss-reactive ketones (excluding diaryl/α,β-unsaturated/α-hetero) is 1. The molecule has 30 heavy (non-hydrogen) atoms. The lowest BCUT2D eigenvalue weighted by molar-refractivity contribution is -0.140. The maximum atomic E-state index is 13.0. The summed E-state index contributed by atoms with van der Waals surface area (Å²) in [6, 6.07) is 9.34. The number of pyridine rings is 1. The molecule has 1 aliphatic heterocycles. The Kier molecular flexibility index (Phi) is 6.37. The van der Waals surface area contributed by atoms with Crippen LogP contribution in [0.4, 0.5) is 0 Å². The molecule has 8 nitrogen and oxygen atoms in total. The third-order valence-corrected chi connectivity index (χ3v) is 4.96. The molecule has 1 unspecified atom stereocenters. The van der Waals surface area contributed by atoms with E-state index in [9.17, 15) is 14.7 Å². The normalized spacial score (nSPS) is 18.2. The third kappa shape index (κ3) is 3.99. The zero-order valence-corrected chi connectivity index (χ0v) is 17.5. The highest BCUT2D eigenvalue weighted by atomic mass is 16.5. The molecule has 1 aliphatic rings. The summed E-state index contributed by atoms with van der Waals surface area (Å²) in [5.41, 5.74) is 0.742. The minimum absolute atomic E-state index is 0.0241. The molecular formula is C22H25N3O5. The van der Waals surface area contributed by atoms with Gasteiger partial charge < -0.3 is 24.4 Å². The monoisotopic (exact) mass is 411 g/mol. The summed E-state index contributed by atoms with van der Waals surface area (Å²) in [7, 11) is 6.73. The quantitative estimate of drug-likeness (QED) is 0.424. The van der Waals surface area contributed by atoms with Crippen molar-refractivity contribution in [2.24, 2.45) is 0 Å². The number of hydrogen-bond donors (Lipinski definition) is 1. The highest BCUT2D eigenvalue weighted by Crippen LogP contribution is 2.40. The van der Waals surface area contributed by atoms with Crippen LogP contribution in [-0.4, -0.2) is 73.0 Å². The van der Waals surface area contributed by atoms with Crippen LogP contribution >= 0.6 is 0 Å². The fourth-order valence-electron chi connectivity index (χ4n) is 3.41. The van der Waals surface area contributed by atoms with Crippen LogP contribution in [0.15, 0.2) is 48.2 Å². The highest BCUT2D eigenvalue weighted by Gasteiger charge is 2.46. The summed E-state index contributed by atoms with van der Waals surface area (Å²) in [4.78, 5) is 33.6. The number of aliphatic hydroxyl groups is 1. The molecule has 2 aromatic rings. The topological polar surface area (TPSA) is 92.2 Å². The predicted octanol–water partition coefficient (Wildman–Crippen LogP) is 2.08. The van der Waals surface area contributed by atoms with E-state index in [0.29, 0.717) is 30.3 Å². The summed E-state index contributed by atoms with van der Waals surface area (Å²) in [5, 5.41) is 11.2. The number of hydrogen-bond acceptors (Lipinski definition) is 7. The van der Waals surface area contributed by atoms with Gasteiger partial charge in [-0.05, 0) is 44.4 Å². The highest BCUT2D eigenvalue weighted by molar-refractivity contribution is 6.46. The van der Waals surface area contributed by atoms with Crippen LogP contribution in [-0.2, 0) is 9.59 Å². The summed E-state index contributed by atoms with van der Waals surface area (Å²) in [5.74, 6) is -0.920. The van der Waals surface area contributed by atoms with E-state index >= 15 is 0 Å². The second-order valence-electron chi connectivity index (χ2n) is 7.12. The molecule has 158 valence electrons. The molecular weight excluding hydrogens is 386 g/mol. The summed E-state index contributed by atoms with van der Waals surface area (Å²) in [6.45, 7) is 0.865. The lowest BCUT2D eigenvalue weighted by atomic mass is 9.97. The molecule has 0 spiro atoms. The average Bonchev–Trinajstić information content (AvgIpc) is 3.02. The van der Waals surface area contributed by atoms with Gasteiger partial charge in [0.1, 0.15) is 23.3 Å². The van der Waals surface area contributed by atoms with Crippen LogP contribution < -0.4 is 9.47 Å². The smallest absolute Gasteiger partial charge is 0.295 e. The molecule has 1 amide bonds. The Balaban J connectivity index is 2.20. The van der Waals surface area contributed by atoms with Crippen LogP contribution in [0.25, 0.3) is 5.76 Å². The van der Waals surface area contributed by atoms with Crippen molar-refractivity contribution in [1.29, 1.82) is 0 Å². The number of carbonyl (C=O) groups excluding carboxylic acids is 2. The number of methoxy groups -OCH3 is 2. The average molecular weight is 411 g/mol. The number of likely N-dealkylation sites (tertiary alicyclic amines) is 1. The number of carbonyl (C=O) groups is 2. The molecule has 1 saturated heterocycles. The molecule has 1 fully saturated rings. The van der Waals surface area contributed by atoms with Crippen molar-refractivity contribution in [3.63, 3.8) is 0 Å². The van der Waals surface area contributed by atoms with E-state index in [2.05, 4.69) is 4.98 Å². The zero-order valence-electron chi connectivity index (χ0n) is 17.5. The Hall–Kier alpha value is -3.39. The van der Waals surface area contributed by atoms with Crippen LogP contribution in [0.1, 0.15) is 17.3 Å². The molecule has 0 radical (unpaired) electrons. The zero-order chi connectivity index (χ0) is 21.8. The number of amides is 1. The number of ketones is 1. The number of nitrogens with zero attached hydrogens (tertiary/aromatic N) is 3. The van der Waals surface area contributed by atoms with Gasteiger partial charge in [-0.15, -0.1) is 0 Å². The van der Waals surface area contributed by atoms with Crippen molar-refractivity contribution < 1.29 is 24.2 Å². The van der Waals surface area contributed by atoms with E-state index < -0.39 is 17.7 Å². The minimum atomic E-state index is -0.804. The van der Waals surface area contributed by atoms with Gasteiger partial charge in [0.15, 0.2) is 0 Å². The molecule has 3 rings (SSSR count). The molecule has 8 heteroatoms. The van der Waals surface area contributed by atoms with Gasteiger partial charge in [-0.3, -0.25) is 14.6 Å². The summed E-state index contributed by atoms with van der Waals surface area (Å²) >= 11 is 0. The lowest BCUT2D eigenvalue weighted by Gasteiger charge is -2.25. The van der Waals surface area contributed by atoms with E-state index in [1.165, 1.54) is 19.1 Å². The van der Waals surface area contributed by atoms with E-state index in [1.54, 1.807) is 42.6 Å². The van der Waals surface area contributed by atoms with E-state index in [-0.39, 0.29) is 16.9 Å². The van der Waals surface area contributed by atoms with Crippen molar-refractivity contribution >= 4 is 17.4 Å². The summed E-state index contributed by atoms with van der Waals surface area (Å²) in [6.07, 6.45) is 1.59. The molecule has 1 atom stereocenters. The number of aliphatic hydroxyl groups excluding tert-OH is 1. The first-order chi connectivity index (χ1) is 14.4. The van der Waals surface area contributed by atoms with Crippen LogP contribution in [0.2, 0.25) is 0 Å². The Morgan fingerprint density at radius 3 is 2.53 bits per heavy atom. The minimum Gasteiger partial charge on any atom is -0.507 e. The number of ether oxygens (including phenoxy) is 2. The van der Waals surface area contributed by atoms with E-state index in [4.69, 9.17) is 9.47 Å². The molecule has 1 aromatic carbocycles. The van der Waals surface area contributed by atoms with Crippen LogP contribution in [0.5, 0.6) is 11.5 Å². The van der Waals surface area contributed by atoms with Gasteiger partial charge in [-0.2, -0.15) is 0 Å². The maximum Gasteiger partial charge on any atom is 0.295 e. The number of likely N-dealkylation sites (N-methyl/N-ethyl adjacent to an activating group) is 1. The first kappa shape index (κ1) is 21.3. The first-order valence-corrected chi connectivity index (χ1v) is 9.45. The van der Waals surface area contributed by atoms with Gasteiger partial charge in [0, 0.05) is 19.3 Å². The molecule has 0 aliphatic carbocycles. The van der Waals surface area contributed by atoms with Gasteiger partial charge in [0.05, 0.1) is 31.1 Å². The molecule has 1 N–H and O–H groups in total. The number of rotatable bonds is 7. The SMILES string of the molecule is COc1ccc(OC)c(/C(O)=C2\C(=O)C(=O)N(CCN(C)C)C2c2ccccn2)c1. The Labute approximate surface area is 175 Å². The van der Waals surface area contributed by atoms with Crippen LogP contribution in [0, 0.1) is 0 Å². The first-order valence-electron chi connectivity index (χ1n) is 9.45. The van der Waals surface area contributed by atoms with Crippen molar-refractivity contribution in [2.45, 2.75) is 6.04 Å². The van der Waals surface area contributed by atoms with Crippen molar-refractivity contribution in [3.05, 3.63) is 59.4 Å². The van der Waals surface area contributed by atoms with E-state index in [0.717, 1.165) is 0 Å². The number of benzene rings is 1. The molecule has 0 bridgehead atoms. The largest absolute Gasteiger partial charge is 0.507 e. The van der Waals surface area contributed by atoms with Crippen molar-refractivity contribution in [3.8, 4) is 11.5 Å². The fraction of sp³-hybridized carbons (Fsp3) is 0.318. The summed E-state index contributed by atoms with van der Waals surface area (Å²) < 4.78 is 10.6. The van der Waals surface area contributed by atoms with Gasteiger partial charge >= 0.3 is 0 Å². The van der Waals surface area contributed by atoms with E-state index in [1.807, 2.05) is 19.0 Å². The second kappa shape index (κ2) is 8.96. The van der Waals surface area contributed by atoms with Crippen molar-refractivity contribution in [1.82, 2.24) is 14.8 Å². The Morgan fingerprint density at radius 1 is 1.17 bits per heavy atom. The van der Waals surface area contributed by atoms with Gasteiger partial charge in [-0.1, -0.05) is 6.07 Å². The van der Waals surface area contributed by atoms with Gasteiger partial charge in [-0.25, -0.2) is 0 Å². The van der Waals surface area contributed by atoms with Gasteiger partial charge in [0.2, 0.25) is 0 Å². The molecule has 2 heterocycles. The molecule has 1 aromatic heterocycles. The molecule has 0 saturated carbocycles. The predicted molar refractivity (Wildman–Crippen MR) is 111 cm³/mol. The standard InChI is InChI=1S/C22H25N3O5/c1-24(2)11-12-25-19(16-7-5-6-10-23-16)18(21(27)22(25)28)20(26)15-13-14(29-3)8-9-17(15)30-4/h5-10,13,19,26H,11-12H2,1-4H3/b20-18+. The Bertz CT molecular complexity index is 972. The van der Waals surface area contributed by atoms with Crippen LogP contribution in [0.3, 0.4) is 0 Å². The van der Waals surface area contributed by atoms with Gasteiger partial charge in [0.25, 0.3) is 11.7 Å². The van der Waals surface area contributed by atoms with Crippen molar-refractivity contribution in [2.75, 3.05) is 41.4 Å². The third-order valence-electron chi connectivity index (χ3n) is 4.96. The number of aromatic nitrogens is 1. The fourth-order valence-corrected chi connectivity index (χ4v) is 3.41. The second-order valence-corrected chi connectivity index (χ2v) is 7.12. The maximum absolute atomic E-state index is 13.0. The lowest BCUT2D eigenvalue weighted by Crippen LogP contribution is -2.35.